The summed E-state index contributed by atoms with van der Waals surface area (Å²) in [5.41, 5.74) is 1.34. The Morgan fingerprint density at radius 2 is 1.71 bits per heavy atom. The van der Waals surface area contributed by atoms with Crippen molar-refractivity contribution < 1.29 is 26.3 Å². The summed E-state index contributed by atoms with van der Waals surface area (Å²) in [7, 11) is -4.15. The first-order chi connectivity index (χ1) is 13.1. The number of rotatable bonds is 8. The smallest absolute Gasteiger partial charge is 0.402 e. The molecule has 1 aromatic carbocycles. The van der Waals surface area contributed by atoms with E-state index in [-0.39, 0.29) is 17.8 Å². The third-order valence-electron chi connectivity index (χ3n) is 5.99. The van der Waals surface area contributed by atoms with Crippen molar-refractivity contribution in [1.29, 1.82) is 0 Å². The second-order valence-corrected chi connectivity index (χ2v) is 10.6. The third kappa shape index (κ3) is 6.39. The van der Waals surface area contributed by atoms with Gasteiger partial charge >= 0.3 is 6.18 Å². The molecule has 3 nitrogen and oxygen atoms in total. The van der Waals surface area contributed by atoms with Crippen LogP contribution in [0.1, 0.15) is 56.9 Å². The molecule has 3 atom stereocenters. The molecule has 0 aliphatic heterocycles. The van der Waals surface area contributed by atoms with Crippen LogP contribution in [0, 0.1) is 17.8 Å². The molecule has 0 amide bonds. The summed E-state index contributed by atoms with van der Waals surface area (Å²) in [5.74, 6) is -0.716. The van der Waals surface area contributed by atoms with E-state index in [0.717, 1.165) is 31.4 Å². The molecule has 2 aliphatic rings. The van der Waals surface area contributed by atoms with Crippen LogP contribution in [0.5, 0.6) is 5.75 Å². The molecule has 2 saturated carbocycles. The summed E-state index contributed by atoms with van der Waals surface area (Å²) >= 11 is 0. The second kappa shape index (κ2) is 8.64. The number of ether oxygens (including phenoxy) is 1. The van der Waals surface area contributed by atoms with Gasteiger partial charge in [-0.25, -0.2) is 8.42 Å². The number of sulfone groups is 1. The van der Waals surface area contributed by atoms with Crippen LogP contribution in [0.2, 0.25) is 0 Å². The summed E-state index contributed by atoms with van der Waals surface area (Å²) in [6.07, 6.45) is 1.62. The monoisotopic (exact) mass is 418 g/mol. The average Bonchev–Trinajstić information content (AvgIpc) is 3.43. The first-order valence-electron chi connectivity index (χ1n) is 10.1. The SMILES string of the molecule is CC(CS(=O)(=O)CC(F)(F)F)C1CCCCC1COc1ccc(C2CC2)cc1. The molecule has 2 aliphatic carbocycles. The summed E-state index contributed by atoms with van der Waals surface area (Å²) in [4.78, 5) is 0. The van der Waals surface area contributed by atoms with Crippen LogP contribution < -0.4 is 4.74 Å². The maximum absolute atomic E-state index is 12.5. The minimum atomic E-state index is -4.68. The molecular weight excluding hydrogens is 389 g/mol. The Balaban J connectivity index is 1.56. The van der Waals surface area contributed by atoms with Crippen LogP contribution >= 0.6 is 0 Å². The Morgan fingerprint density at radius 3 is 2.32 bits per heavy atom. The number of alkyl halides is 3. The van der Waals surface area contributed by atoms with E-state index >= 15 is 0 Å². The standard InChI is InChI=1S/C21H29F3O3S/c1-15(13-28(25,26)14-21(22,23)24)20-5-3-2-4-18(20)12-27-19-10-8-17(9-11-19)16-6-7-16/h8-11,15-16,18,20H,2-7,12-14H2,1H3. The number of benzene rings is 1. The predicted octanol–water partition coefficient (Wildman–Crippen LogP) is 5.36. The largest absolute Gasteiger partial charge is 0.493 e. The van der Waals surface area contributed by atoms with E-state index in [9.17, 15) is 21.6 Å². The Bertz CT molecular complexity index is 739. The molecule has 0 N–H and O–H groups in total. The molecule has 3 rings (SSSR count). The fraction of sp³-hybridized carbons (Fsp3) is 0.714. The Hall–Kier alpha value is -1.24. The third-order valence-corrected chi connectivity index (χ3v) is 7.79. The van der Waals surface area contributed by atoms with E-state index in [1.165, 1.54) is 18.4 Å². The lowest BCUT2D eigenvalue weighted by molar-refractivity contribution is -0.106. The van der Waals surface area contributed by atoms with Gasteiger partial charge in [0.05, 0.1) is 12.4 Å². The van der Waals surface area contributed by atoms with Gasteiger partial charge in [0.25, 0.3) is 0 Å². The van der Waals surface area contributed by atoms with Crippen LogP contribution in [-0.2, 0) is 9.84 Å². The van der Waals surface area contributed by atoms with Gasteiger partial charge < -0.3 is 4.74 Å². The lowest BCUT2D eigenvalue weighted by atomic mass is 9.74. The Kier molecular flexibility index (Phi) is 6.62. The van der Waals surface area contributed by atoms with E-state index in [1.807, 2.05) is 12.1 Å². The first kappa shape index (κ1) is 21.5. The van der Waals surface area contributed by atoms with Gasteiger partial charge in [0, 0.05) is 0 Å². The molecule has 0 aromatic heterocycles. The van der Waals surface area contributed by atoms with Crippen molar-refractivity contribution in [3.8, 4) is 5.75 Å². The van der Waals surface area contributed by atoms with E-state index in [4.69, 9.17) is 4.74 Å². The fourth-order valence-electron chi connectivity index (χ4n) is 4.48. The van der Waals surface area contributed by atoms with E-state index < -0.39 is 27.5 Å². The molecule has 0 heterocycles. The molecule has 158 valence electrons. The lowest BCUT2D eigenvalue weighted by Gasteiger charge is -2.35. The van der Waals surface area contributed by atoms with E-state index in [1.54, 1.807) is 6.92 Å². The number of hydrogen-bond donors (Lipinski definition) is 0. The first-order valence-corrected chi connectivity index (χ1v) is 11.9. The molecule has 28 heavy (non-hydrogen) atoms. The van der Waals surface area contributed by atoms with Crippen LogP contribution in [0.15, 0.2) is 24.3 Å². The highest BCUT2D eigenvalue weighted by atomic mass is 32.2. The molecule has 0 spiro atoms. The van der Waals surface area contributed by atoms with Crippen LogP contribution in [0.4, 0.5) is 13.2 Å². The average molecular weight is 419 g/mol. The van der Waals surface area contributed by atoms with Gasteiger partial charge in [-0.2, -0.15) is 13.2 Å². The highest BCUT2D eigenvalue weighted by Crippen LogP contribution is 2.41. The van der Waals surface area contributed by atoms with Crippen LogP contribution in [-0.4, -0.2) is 32.7 Å². The molecule has 0 bridgehead atoms. The zero-order valence-corrected chi connectivity index (χ0v) is 17.1. The zero-order chi connectivity index (χ0) is 20.4. The minimum Gasteiger partial charge on any atom is -0.493 e. The maximum Gasteiger partial charge on any atom is 0.402 e. The molecule has 7 heteroatoms. The second-order valence-electron chi connectivity index (χ2n) is 8.51. The maximum atomic E-state index is 12.5. The predicted molar refractivity (Wildman–Crippen MR) is 103 cm³/mol. The zero-order valence-electron chi connectivity index (χ0n) is 16.2. The van der Waals surface area contributed by atoms with Crippen molar-refractivity contribution in [3.63, 3.8) is 0 Å². The Labute approximate surface area is 165 Å². The summed E-state index contributed by atoms with van der Waals surface area (Å²) in [5, 5.41) is 0. The van der Waals surface area contributed by atoms with Crippen molar-refractivity contribution in [1.82, 2.24) is 0 Å². The van der Waals surface area contributed by atoms with Gasteiger partial charge in [0.2, 0.25) is 0 Å². The molecule has 0 radical (unpaired) electrons. The van der Waals surface area contributed by atoms with Crippen molar-refractivity contribution >= 4 is 9.84 Å². The summed E-state index contributed by atoms with van der Waals surface area (Å²) in [6.45, 7) is 2.25. The van der Waals surface area contributed by atoms with Crippen LogP contribution in [0.25, 0.3) is 0 Å². The Morgan fingerprint density at radius 1 is 1.07 bits per heavy atom. The number of hydrogen-bond acceptors (Lipinski definition) is 3. The highest BCUT2D eigenvalue weighted by Gasteiger charge is 2.38. The van der Waals surface area contributed by atoms with Gasteiger partial charge in [-0.15, -0.1) is 0 Å². The lowest BCUT2D eigenvalue weighted by Crippen LogP contribution is -2.35. The van der Waals surface area contributed by atoms with E-state index in [0.29, 0.717) is 12.5 Å². The normalized spacial score (nSPS) is 24.7. The highest BCUT2D eigenvalue weighted by molar-refractivity contribution is 7.91. The van der Waals surface area contributed by atoms with E-state index in [2.05, 4.69) is 12.1 Å². The molecule has 1 aromatic rings. The van der Waals surface area contributed by atoms with Gasteiger partial charge in [-0.1, -0.05) is 31.9 Å². The summed E-state index contributed by atoms with van der Waals surface area (Å²) < 4.78 is 67.4. The van der Waals surface area contributed by atoms with Gasteiger partial charge in [0.15, 0.2) is 9.84 Å². The van der Waals surface area contributed by atoms with Crippen molar-refractivity contribution in [2.24, 2.45) is 17.8 Å². The molecule has 0 saturated heterocycles. The molecular formula is C21H29F3O3S. The van der Waals surface area contributed by atoms with Gasteiger partial charge in [-0.3, -0.25) is 0 Å². The number of halogens is 3. The van der Waals surface area contributed by atoms with Crippen molar-refractivity contribution in [2.75, 3.05) is 18.1 Å². The molecule has 3 unspecified atom stereocenters. The minimum absolute atomic E-state index is 0.0718. The van der Waals surface area contributed by atoms with Crippen LogP contribution in [0.3, 0.4) is 0 Å². The van der Waals surface area contributed by atoms with Gasteiger partial charge in [0.1, 0.15) is 11.5 Å². The quantitative estimate of drug-likeness (QED) is 0.571. The van der Waals surface area contributed by atoms with Gasteiger partial charge in [-0.05, 0) is 67.1 Å². The topological polar surface area (TPSA) is 43.4 Å². The van der Waals surface area contributed by atoms with Crippen molar-refractivity contribution in [2.45, 2.75) is 57.5 Å². The molecule has 2 fully saturated rings. The fourth-order valence-corrected chi connectivity index (χ4v) is 6.15. The van der Waals surface area contributed by atoms with Crippen molar-refractivity contribution in [3.05, 3.63) is 29.8 Å². The summed E-state index contributed by atoms with van der Waals surface area (Å²) in [6, 6.07) is 8.14.